The van der Waals surface area contributed by atoms with Crippen molar-refractivity contribution < 1.29 is 18.5 Å². The number of carbonyl (C=O) groups excluding carboxylic acids is 2. The summed E-state index contributed by atoms with van der Waals surface area (Å²) in [4.78, 5) is 29.6. The van der Waals surface area contributed by atoms with Gasteiger partial charge in [-0.1, -0.05) is 23.4 Å². The molecule has 0 atom stereocenters. The molecule has 2 N–H and O–H groups in total. The maximum atomic E-state index is 12.9. The highest BCUT2D eigenvalue weighted by Crippen LogP contribution is 2.30. The zero-order valence-corrected chi connectivity index (χ0v) is 16.1. The van der Waals surface area contributed by atoms with Crippen LogP contribution in [0, 0.1) is 20.8 Å². The smallest absolute Gasteiger partial charge is 0.270 e. The number of aryl methyl sites for hydroxylation is 3. The van der Waals surface area contributed by atoms with Crippen LogP contribution in [-0.4, -0.2) is 22.0 Å². The molecule has 0 radical (unpaired) electrons. The van der Waals surface area contributed by atoms with E-state index in [-0.39, 0.29) is 11.3 Å². The number of hydrazine groups is 1. The Morgan fingerprint density at radius 1 is 0.966 bits per heavy atom. The van der Waals surface area contributed by atoms with E-state index in [2.05, 4.69) is 21.0 Å². The molecule has 0 aliphatic heterocycles. The molecular formula is C21H18N4O4. The normalized spacial score (nSPS) is 10.9. The minimum absolute atomic E-state index is 0.234. The fourth-order valence-corrected chi connectivity index (χ4v) is 3.14. The lowest BCUT2D eigenvalue weighted by atomic mass is 10.1. The molecule has 1 aromatic carbocycles. The van der Waals surface area contributed by atoms with Crippen molar-refractivity contribution in [3.05, 3.63) is 70.8 Å². The Morgan fingerprint density at radius 2 is 1.69 bits per heavy atom. The van der Waals surface area contributed by atoms with Crippen molar-refractivity contribution in [1.29, 1.82) is 0 Å². The van der Waals surface area contributed by atoms with E-state index in [1.54, 1.807) is 43.3 Å². The van der Waals surface area contributed by atoms with Gasteiger partial charge in [0, 0.05) is 11.1 Å². The molecule has 0 bridgehead atoms. The number of carbonyl (C=O) groups is 2. The van der Waals surface area contributed by atoms with Crippen molar-refractivity contribution in [2.24, 2.45) is 0 Å². The van der Waals surface area contributed by atoms with Gasteiger partial charge in [0.1, 0.15) is 11.5 Å². The molecule has 2 amide bonds. The minimum atomic E-state index is -0.507. The van der Waals surface area contributed by atoms with Crippen LogP contribution in [0.3, 0.4) is 0 Å². The molecule has 4 aromatic rings. The van der Waals surface area contributed by atoms with Crippen molar-refractivity contribution in [2.45, 2.75) is 20.8 Å². The van der Waals surface area contributed by atoms with Crippen LogP contribution in [0.4, 0.5) is 0 Å². The van der Waals surface area contributed by atoms with Crippen molar-refractivity contribution in [3.63, 3.8) is 0 Å². The molecule has 4 rings (SSSR count). The van der Waals surface area contributed by atoms with E-state index in [1.807, 2.05) is 19.9 Å². The Labute approximate surface area is 165 Å². The Morgan fingerprint density at radius 3 is 2.38 bits per heavy atom. The third-order valence-corrected chi connectivity index (χ3v) is 4.50. The van der Waals surface area contributed by atoms with Gasteiger partial charge in [-0.15, -0.1) is 0 Å². The fraction of sp³-hybridized carbons (Fsp3) is 0.143. The molecule has 0 aliphatic rings. The summed E-state index contributed by atoms with van der Waals surface area (Å²) in [5.41, 5.74) is 7.61. The Bertz CT molecular complexity index is 1220. The van der Waals surface area contributed by atoms with Crippen molar-refractivity contribution in [1.82, 2.24) is 21.0 Å². The van der Waals surface area contributed by atoms with E-state index in [9.17, 15) is 9.59 Å². The first kappa shape index (κ1) is 18.4. The summed E-state index contributed by atoms with van der Waals surface area (Å²) in [6.07, 6.45) is 0. The van der Waals surface area contributed by atoms with Crippen LogP contribution in [-0.2, 0) is 0 Å². The van der Waals surface area contributed by atoms with Crippen LogP contribution in [0.5, 0.6) is 0 Å². The molecule has 0 saturated heterocycles. The van der Waals surface area contributed by atoms with Gasteiger partial charge in [0.05, 0.1) is 22.3 Å². The van der Waals surface area contributed by atoms with Crippen LogP contribution in [0.1, 0.15) is 37.9 Å². The van der Waals surface area contributed by atoms with Crippen LogP contribution in [0.15, 0.2) is 51.4 Å². The maximum absolute atomic E-state index is 12.9. The monoisotopic (exact) mass is 390 g/mol. The number of furan rings is 1. The molecule has 8 heteroatoms. The van der Waals surface area contributed by atoms with Gasteiger partial charge in [-0.25, -0.2) is 4.98 Å². The molecule has 3 aromatic heterocycles. The zero-order chi connectivity index (χ0) is 20.5. The van der Waals surface area contributed by atoms with Gasteiger partial charge in [0.2, 0.25) is 0 Å². The summed E-state index contributed by atoms with van der Waals surface area (Å²) in [5.74, 6) is 0.475. The van der Waals surface area contributed by atoms with Gasteiger partial charge >= 0.3 is 0 Å². The molecule has 8 nitrogen and oxygen atoms in total. The second-order valence-electron chi connectivity index (χ2n) is 6.60. The lowest BCUT2D eigenvalue weighted by Crippen LogP contribution is -2.41. The number of nitrogens with zero attached hydrogens (tertiary/aromatic N) is 2. The van der Waals surface area contributed by atoms with Gasteiger partial charge in [0.15, 0.2) is 0 Å². The van der Waals surface area contributed by atoms with Crippen molar-refractivity contribution in [2.75, 3.05) is 0 Å². The molecule has 0 fully saturated rings. The number of amides is 2. The number of rotatable bonds is 3. The molecule has 146 valence electrons. The molecule has 0 aliphatic carbocycles. The number of fused-ring (bicyclic) bond motifs is 1. The number of benzene rings is 1. The Balaban J connectivity index is 1.68. The second kappa shape index (κ2) is 7.23. The highest BCUT2D eigenvalue weighted by Gasteiger charge is 2.21. The molecule has 3 heterocycles. The summed E-state index contributed by atoms with van der Waals surface area (Å²) < 4.78 is 10.9. The SMILES string of the molecule is Cc1cc(-c2cc(C(=O)NNC(=O)c3ccccc3)c3c(C)noc3n2)c(C)o1. The van der Waals surface area contributed by atoms with E-state index in [0.717, 1.165) is 11.3 Å². The molecule has 29 heavy (non-hydrogen) atoms. The quantitative estimate of drug-likeness (QED) is 0.518. The van der Waals surface area contributed by atoms with E-state index >= 15 is 0 Å². The Kier molecular flexibility index (Phi) is 4.59. The van der Waals surface area contributed by atoms with Gasteiger partial charge < -0.3 is 8.94 Å². The Hall–Kier alpha value is -3.94. The molecule has 0 spiro atoms. The summed E-state index contributed by atoms with van der Waals surface area (Å²) in [6.45, 7) is 5.37. The van der Waals surface area contributed by atoms with E-state index < -0.39 is 11.8 Å². The van der Waals surface area contributed by atoms with Gasteiger partial charge in [-0.2, -0.15) is 0 Å². The summed E-state index contributed by atoms with van der Waals surface area (Å²) >= 11 is 0. The average molecular weight is 390 g/mol. The molecule has 0 saturated carbocycles. The summed E-state index contributed by atoms with van der Waals surface area (Å²) in [5, 5.41) is 4.40. The maximum Gasteiger partial charge on any atom is 0.270 e. The van der Waals surface area contributed by atoms with E-state index in [1.165, 1.54) is 0 Å². The number of hydrogen-bond acceptors (Lipinski definition) is 6. The zero-order valence-electron chi connectivity index (χ0n) is 16.1. The lowest BCUT2D eigenvalue weighted by molar-refractivity contribution is 0.0847. The first-order chi connectivity index (χ1) is 13.9. The highest BCUT2D eigenvalue weighted by atomic mass is 16.5. The van der Waals surface area contributed by atoms with Crippen LogP contribution >= 0.6 is 0 Å². The lowest BCUT2D eigenvalue weighted by Gasteiger charge is -2.09. The standard InChI is InChI=1S/C21H18N4O4/c1-11-9-15(13(3)28-11)17-10-16(18-12(2)25-29-21(18)22-17)20(27)24-23-19(26)14-7-5-4-6-8-14/h4-10H,1-3H3,(H,23,26)(H,24,27). The van der Waals surface area contributed by atoms with Gasteiger partial charge in [-0.3, -0.25) is 20.4 Å². The highest BCUT2D eigenvalue weighted by molar-refractivity contribution is 6.08. The third kappa shape index (κ3) is 3.47. The number of aromatic nitrogens is 2. The number of nitrogens with one attached hydrogen (secondary N) is 2. The topological polar surface area (TPSA) is 110 Å². The number of pyridine rings is 1. The molecular weight excluding hydrogens is 372 g/mol. The summed E-state index contributed by atoms with van der Waals surface area (Å²) in [7, 11) is 0. The van der Waals surface area contributed by atoms with Crippen molar-refractivity contribution >= 4 is 22.9 Å². The average Bonchev–Trinajstić information content (AvgIpc) is 3.27. The predicted octanol–water partition coefficient (Wildman–Crippen LogP) is 3.48. The van der Waals surface area contributed by atoms with E-state index in [0.29, 0.717) is 28.1 Å². The second-order valence-corrected chi connectivity index (χ2v) is 6.60. The fourth-order valence-electron chi connectivity index (χ4n) is 3.14. The third-order valence-electron chi connectivity index (χ3n) is 4.50. The minimum Gasteiger partial charge on any atom is -0.466 e. The summed E-state index contributed by atoms with van der Waals surface area (Å²) in [6, 6.07) is 12.1. The van der Waals surface area contributed by atoms with E-state index in [4.69, 9.17) is 8.94 Å². The molecule has 0 unspecified atom stereocenters. The van der Waals surface area contributed by atoms with Crippen molar-refractivity contribution in [3.8, 4) is 11.3 Å². The largest absolute Gasteiger partial charge is 0.466 e. The predicted molar refractivity (Wildman–Crippen MR) is 105 cm³/mol. The van der Waals surface area contributed by atoms with Gasteiger partial charge in [-0.05, 0) is 45.0 Å². The number of hydrogen-bond donors (Lipinski definition) is 2. The van der Waals surface area contributed by atoms with Gasteiger partial charge in [0.25, 0.3) is 17.5 Å². The van der Waals surface area contributed by atoms with Crippen LogP contribution in [0.2, 0.25) is 0 Å². The first-order valence-corrected chi connectivity index (χ1v) is 8.94. The van der Waals surface area contributed by atoms with Crippen LogP contribution in [0.25, 0.3) is 22.4 Å². The first-order valence-electron chi connectivity index (χ1n) is 8.94. The van der Waals surface area contributed by atoms with Crippen LogP contribution < -0.4 is 10.9 Å².